The minimum Gasteiger partial charge on any atom is -0.493 e. The Morgan fingerprint density at radius 1 is 0.960 bits per heavy atom. The number of likely N-dealkylation sites (tertiary alicyclic amines) is 1. The summed E-state index contributed by atoms with van der Waals surface area (Å²) in [5, 5.41) is 0. The first-order valence-electron chi connectivity index (χ1n) is 9.74. The van der Waals surface area contributed by atoms with E-state index in [0.717, 1.165) is 25.2 Å². The largest absolute Gasteiger partial charge is 0.493 e. The van der Waals surface area contributed by atoms with Gasteiger partial charge in [0.25, 0.3) is 0 Å². The zero-order valence-electron chi connectivity index (χ0n) is 15.5. The number of para-hydroxylation sites is 1. The Balaban J connectivity index is 1.45. The van der Waals surface area contributed by atoms with E-state index in [1.165, 1.54) is 49.9 Å². The van der Waals surface area contributed by atoms with Crippen molar-refractivity contribution in [1.29, 1.82) is 0 Å². The smallest absolute Gasteiger partial charge is 0.122 e. The third kappa shape index (κ3) is 5.89. The van der Waals surface area contributed by atoms with Crippen molar-refractivity contribution in [1.82, 2.24) is 4.90 Å². The number of piperidine rings is 1. The second kappa shape index (κ2) is 9.62. The summed E-state index contributed by atoms with van der Waals surface area (Å²) in [5.74, 6) is 1.76. The molecule has 0 spiro atoms. The molecule has 0 amide bonds. The van der Waals surface area contributed by atoms with Crippen LogP contribution >= 0.6 is 0 Å². The maximum absolute atomic E-state index is 6.21. The van der Waals surface area contributed by atoms with Gasteiger partial charge in [0.2, 0.25) is 0 Å². The summed E-state index contributed by atoms with van der Waals surface area (Å²) in [6, 6.07) is 19.4. The fourth-order valence-corrected chi connectivity index (χ4v) is 3.76. The standard InChI is InChI=1S/C23H31NO/c1-24-17-9-13-21(18-24)19-25-23-16-8-7-15-22(23)14-6-5-12-20-10-3-2-4-11-20/h2-4,7-8,10-11,15-16,21H,5-6,9,12-14,17-19H2,1H3. The van der Waals surface area contributed by atoms with Gasteiger partial charge in [-0.1, -0.05) is 48.5 Å². The van der Waals surface area contributed by atoms with E-state index in [2.05, 4.69) is 66.5 Å². The van der Waals surface area contributed by atoms with Crippen LogP contribution in [0, 0.1) is 5.92 Å². The van der Waals surface area contributed by atoms with Gasteiger partial charge >= 0.3 is 0 Å². The molecule has 25 heavy (non-hydrogen) atoms. The SMILES string of the molecule is CN1CCCC(COc2ccccc2CCCCc2ccccc2)C1. The Bertz CT molecular complexity index is 625. The van der Waals surface area contributed by atoms with E-state index in [1.807, 2.05) is 0 Å². The summed E-state index contributed by atoms with van der Waals surface area (Å²) in [5.41, 5.74) is 2.80. The number of aryl methyl sites for hydroxylation is 2. The van der Waals surface area contributed by atoms with Gasteiger partial charge in [0.05, 0.1) is 6.61 Å². The molecule has 1 heterocycles. The molecule has 1 aliphatic rings. The molecule has 0 bridgehead atoms. The average Bonchev–Trinajstić information content (AvgIpc) is 2.65. The molecule has 1 atom stereocenters. The second-order valence-corrected chi connectivity index (χ2v) is 7.38. The average molecular weight is 338 g/mol. The van der Waals surface area contributed by atoms with Gasteiger partial charge in [-0.05, 0) is 69.3 Å². The highest BCUT2D eigenvalue weighted by Gasteiger charge is 2.18. The molecule has 1 fully saturated rings. The highest BCUT2D eigenvalue weighted by atomic mass is 16.5. The molecule has 0 saturated carbocycles. The number of benzene rings is 2. The number of nitrogens with zero attached hydrogens (tertiary/aromatic N) is 1. The first kappa shape index (κ1) is 18.0. The molecule has 0 N–H and O–H groups in total. The van der Waals surface area contributed by atoms with Crippen molar-refractivity contribution in [3.8, 4) is 5.75 Å². The van der Waals surface area contributed by atoms with E-state index in [9.17, 15) is 0 Å². The number of rotatable bonds is 8. The second-order valence-electron chi connectivity index (χ2n) is 7.38. The van der Waals surface area contributed by atoms with E-state index < -0.39 is 0 Å². The normalized spacial score (nSPS) is 18.2. The zero-order valence-corrected chi connectivity index (χ0v) is 15.5. The first-order valence-corrected chi connectivity index (χ1v) is 9.74. The van der Waals surface area contributed by atoms with Gasteiger partial charge in [-0.2, -0.15) is 0 Å². The third-order valence-electron chi connectivity index (χ3n) is 5.17. The highest BCUT2D eigenvalue weighted by Crippen LogP contribution is 2.23. The van der Waals surface area contributed by atoms with E-state index in [4.69, 9.17) is 4.74 Å². The van der Waals surface area contributed by atoms with E-state index in [1.54, 1.807) is 0 Å². The van der Waals surface area contributed by atoms with E-state index in [-0.39, 0.29) is 0 Å². The minimum atomic E-state index is 0.671. The summed E-state index contributed by atoms with van der Waals surface area (Å²) in [7, 11) is 2.22. The molecular formula is C23H31NO. The maximum atomic E-state index is 6.21. The molecule has 1 unspecified atom stereocenters. The molecule has 0 aromatic heterocycles. The van der Waals surface area contributed by atoms with Crippen LogP contribution in [-0.2, 0) is 12.8 Å². The zero-order chi connectivity index (χ0) is 17.3. The predicted molar refractivity (Wildman–Crippen MR) is 105 cm³/mol. The molecule has 2 aromatic rings. The fraction of sp³-hybridized carbons (Fsp3) is 0.478. The highest BCUT2D eigenvalue weighted by molar-refractivity contribution is 5.33. The predicted octanol–water partition coefficient (Wildman–Crippen LogP) is 4.97. The lowest BCUT2D eigenvalue weighted by atomic mass is 9.99. The van der Waals surface area contributed by atoms with Crippen LogP contribution in [0.3, 0.4) is 0 Å². The van der Waals surface area contributed by atoms with Gasteiger partial charge < -0.3 is 9.64 Å². The van der Waals surface area contributed by atoms with Crippen LogP contribution in [-0.4, -0.2) is 31.6 Å². The van der Waals surface area contributed by atoms with E-state index in [0.29, 0.717) is 5.92 Å². The summed E-state index contributed by atoms with van der Waals surface area (Å²) >= 11 is 0. The summed E-state index contributed by atoms with van der Waals surface area (Å²) in [4.78, 5) is 2.42. The molecule has 3 rings (SSSR count). The monoisotopic (exact) mass is 337 g/mol. The van der Waals surface area contributed by atoms with Crippen molar-refractivity contribution in [2.24, 2.45) is 5.92 Å². The number of hydrogen-bond acceptors (Lipinski definition) is 2. The van der Waals surface area contributed by atoms with E-state index >= 15 is 0 Å². The molecular weight excluding hydrogens is 306 g/mol. The molecule has 2 heteroatoms. The van der Waals surface area contributed by atoms with Crippen LogP contribution in [0.15, 0.2) is 54.6 Å². The quantitative estimate of drug-likeness (QED) is 0.630. The van der Waals surface area contributed by atoms with Crippen molar-refractivity contribution >= 4 is 0 Å². The van der Waals surface area contributed by atoms with Gasteiger partial charge in [0.15, 0.2) is 0 Å². The Kier molecular flexibility index (Phi) is 6.93. The Morgan fingerprint density at radius 2 is 1.72 bits per heavy atom. The summed E-state index contributed by atoms with van der Waals surface area (Å²) in [6.45, 7) is 3.25. The molecule has 0 aliphatic carbocycles. The Labute approximate surface area is 152 Å². The van der Waals surface area contributed by atoms with Gasteiger partial charge in [-0.15, -0.1) is 0 Å². The summed E-state index contributed by atoms with van der Waals surface area (Å²) < 4.78 is 6.21. The molecule has 2 nitrogen and oxygen atoms in total. The lowest BCUT2D eigenvalue weighted by molar-refractivity contribution is 0.150. The third-order valence-corrected chi connectivity index (χ3v) is 5.17. The molecule has 134 valence electrons. The van der Waals surface area contributed by atoms with Gasteiger partial charge in [0.1, 0.15) is 5.75 Å². The Hall–Kier alpha value is -1.80. The van der Waals surface area contributed by atoms with Crippen molar-refractivity contribution < 1.29 is 4.74 Å². The lowest BCUT2D eigenvalue weighted by Gasteiger charge is -2.29. The first-order chi connectivity index (χ1) is 12.3. The van der Waals surface area contributed by atoms with Crippen LogP contribution in [0.4, 0.5) is 0 Å². The van der Waals surface area contributed by atoms with Crippen molar-refractivity contribution in [2.75, 3.05) is 26.7 Å². The topological polar surface area (TPSA) is 12.5 Å². The van der Waals surface area contributed by atoms with Crippen LogP contribution < -0.4 is 4.74 Å². The minimum absolute atomic E-state index is 0.671. The van der Waals surface area contributed by atoms with Gasteiger partial charge in [0, 0.05) is 12.5 Å². The van der Waals surface area contributed by atoms with Crippen molar-refractivity contribution in [3.05, 3.63) is 65.7 Å². The van der Waals surface area contributed by atoms with Crippen molar-refractivity contribution in [3.63, 3.8) is 0 Å². The fourth-order valence-electron chi connectivity index (χ4n) is 3.76. The van der Waals surface area contributed by atoms with Crippen LogP contribution in [0.25, 0.3) is 0 Å². The molecule has 0 radical (unpaired) electrons. The number of ether oxygens (including phenoxy) is 1. The van der Waals surface area contributed by atoms with Crippen LogP contribution in [0.2, 0.25) is 0 Å². The van der Waals surface area contributed by atoms with Gasteiger partial charge in [-0.3, -0.25) is 0 Å². The van der Waals surface area contributed by atoms with Gasteiger partial charge in [-0.25, -0.2) is 0 Å². The van der Waals surface area contributed by atoms with Crippen molar-refractivity contribution in [2.45, 2.75) is 38.5 Å². The number of unbranched alkanes of at least 4 members (excludes halogenated alkanes) is 1. The molecule has 1 aliphatic heterocycles. The van der Waals surface area contributed by atoms with Crippen LogP contribution in [0.5, 0.6) is 5.75 Å². The lowest BCUT2D eigenvalue weighted by Crippen LogP contribution is -2.34. The molecule has 1 saturated heterocycles. The maximum Gasteiger partial charge on any atom is 0.122 e. The Morgan fingerprint density at radius 3 is 2.56 bits per heavy atom. The summed E-state index contributed by atoms with van der Waals surface area (Å²) in [6.07, 6.45) is 7.30. The van der Waals surface area contributed by atoms with Crippen LogP contribution in [0.1, 0.15) is 36.8 Å². The number of hydrogen-bond donors (Lipinski definition) is 0. The molecule has 2 aromatic carbocycles.